The lowest BCUT2D eigenvalue weighted by atomic mass is 10.0. The Bertz CT molecular complexity index is 465. The Labute approximate surface area is 114 Å². The third kappa shape index (κ3) is 3.14. The van der Waals surface area contributed by atoms with Gasteiger partial charge in [0.25, 0.3) is 0 Å². The first-order valence-electron chi connectivity index (χ1n) is 6.74. The normalized spacial score (nSPS) is 16.4. The first-order valence-corrected chi connectivity index (χ1v) is 6.74. The fourth-order valence-electron chi connectivity index (χ4n) is 2.43. The quantitative estimate of drug-likeness (QED) is 0.833. The summed E-state index contributed by atoms with van der Waals surface area (Å²) in [6, 6.07) is 3.87. The van der Waals surface area contributed by atoms with Gasteiger partial charge in [0.05, 0.1) is 19.2 Å². The van der Waals surface area contributed by atoms with Crippen LogP contribution in [0.25, 0.3) is 0 Å². The van der Waals surface area contributed by atoms with Crippen LogP contribution in [-0.2, 0) is 0 Å². The minimum atomic E-state index is 0.141. The minimum Gasteiger partial charge on any atom is -0.496 e. The predicted octanol–water partition coefficient (Wildman–Crippen LogP) is 1.40. The van der Waals surface area contributed by atoms with E-state index < -0.39 is 0 Å². The average Bonchev–Trinajstić information content (AvgIpc) is 2.42. The van der Waals surface area contributed by atoms with Crippen LogP contribution in [0.4, 0.5) is 0 Å². The van der Waals surface area contributed by atoms with Gasteiger partial charge in [-0.3, -0.25) is 9.69 Å². The number of hydrogen-bond donors (Lipinski definition) is 1. The predicted molar refractivity (Wildman–Crippen MR) is 76.1 cm³/mol. The summed E-state index contributed by atoms with van der Waals surface area (Å²) in [5.74, 6) is 0.863. The number of aryl methyl sites for hydroxylation is 1. The fourth-order valence-corrected chi connectivity index (χ4v) is 2.43. The Balaban J connectivity index is 2.16. The topological polar surface area (TPSA) is 41.6 Å². The molecule has 4 nitrogen and oxygen atoms in total. The number of hydrogen-bond acceptors (Lipinski definition) is 4. The van der Waals surface area contributed by atoms with Crippen molar-refractivity contribution in [1.82, 2.24) is 10.2 Å². The first-order chi connectivity index (χ1) is 9.13. The lowest BCUT2D eigenvalue weighted by Gasteiger charge is -2.26. The van der Waals surface area contributed by atoms with Crippen LogP contribution in [0.15, 0.2) is 12.1 Å². The van der Waals surface area contributed by atoms with Crippen LogP contribution < -0.4 is 10.1 Å². The number of piperazine rings is 1. The number of methoxy groups -OCH3 is 1. The molecule has 1 aliphatic heterocycles. The Morgan fingerprint density at radius 2 is 2.00 bits per heavy atom. The number of carbonyl (C=O) groups excluding carboxylic acids is 1. The van der Waals surface area contributed by atoms with Gasteiger partial charge in [-0.05, 0) is 31.0 Å². The van der Waals surface area contributed by atoms with Gasteiger partial charge in [-0.15, -0.1) is 0 Å². The van der Waals surface area contributed by atoms with Gasteiger partial charge in [-0.25, -0.2) is 0 Å². The van der Waals surface area contributed by atoms with Gasteiger partial charge in [-0.1, -0.05) is 6.07 Å². The number of ether oxygens (including phenoxy) is 1. The Hall–Kier alpha value is -1.39. The zero-order valence-corrected chi connectivity index (χ0v) is 12.0. The van der Waals surface area contributed by atoms with E-state index in [-0.39, 0.29) is 5.78 Å². The Morgan fingerprint density at radius 3 is 2.63 bits per heavy atom. The van der Waals surface area contributed by atoms with Crippen molar-refractivity contribution in [3.8, 4) is 5.75 Å². The number of carbonyl (C=O) groups is 1. The number of ketones is 1. The molecule has 2 rings (SSSR count). The van der Waals surface area contributed by atoms with Crippen LogP contribution in [0.2, 0.25) is 0 Å². The van der Waals surface area contributed by atoms with Crippen LogP contribution in [0.1, 0.15) is 21.5 Å². The van der Waals surface area contributed by atoms with Crippen molar-refractivity contribution < 1.29 is 9.53 Å². The molecule has 1 aromatic rings. The second kappa shape index (κ2) is 6.17. The van der Waals surface area contributed by atoms with E-state index in [1.165, 1.54) is 0 Å². The zero-order valence-electron chi connectivity index (χ0n) is 12.0. The van der Waals surface area contributed by atoms with Crippen molar-refractivity contribution in [2.75, 3.05) is 39.8 Å². The maximum absolute atomic E-state index is 12.4. The molecule has 0 bridgehead atoms. The van der Waals surface area contributed by atoms with Gasteiger partial charge in [0.1, 0.15) is 5.75 Å². The molecular formula is C15H22N2O2. The van der Waals surface area contributed by atoms with Crippen molar-refractivity contribution in [1.29, 1.82) is 0 Å². The molecule has 1 saturated heterocycles. The van der Waals surface area contributed by atoms with Crippen LogP contribution in [0, 0.1) is 13.8 Å². The van der Waals surface area contributed by atoms with Gasteiger partial charge in [-0.2, -0.15) is 0 Å². The van der Waals surface area contributed by atoms with Crippen LogP contribution in [0.5, 0.6) is 5.75 Å². The van der Waals surface area contributed by atoms with Gasteiger partial charge in [0.15, 0.2) is 5.78 Å². The maximum atomic E-state index is 12.4. The second-order valence-corrected chi connectivity index (χ2v) is 5.04. The van der Waals surface area contributed by atoms with Crippen molar-refractivity contribution in [2.24, 2.45) is 0 Å². The van der Waals surface area contributed by atoms with Gasteiger partial charge >= 0.3 is 0 Å². The largest absolute Gasteiger partial charge is 0.496 e. The molecule has 0 atom stereocenters. The molecule has 104 valence electrons. The zero-order chi connectivity index (χ0) is 13.8. The molecule has 19 heavy (non-hydrogen) atoms. The summed E-state index contributed by atoms with van der Waals surface area (Å²) in [5, 5.41) is 3.29. The summed E-state index contributed by atoms with van der Waals surface area (Å²) in [6.45, 7) is 8.27. The highest BCUT2D eigenvalue weighted by Crippen LogP contribution is 2.26. The number of benzene rings is 1. The Kier molecular flexibility index (Phi) is 4.56. The summed E-state index contributed by atoms with van der Waals surface area (Å²) in [7, 11) is 1.63. The standard InChI is InChI=1S/C15H22N2O2/c1-11-4-5-13(15(19-3)12(11)2)14(18)10-17-8-6-16-7-9-17/h4-5,16H,6-10H2,1-3H3. The first kappa shape index (κ1) is 14.0. The highest BCUT2D eigenvalue weighted by atomic mass is 16.5. The Morgan fingerprint density at radius 1 is 1.32 bits per heavy atom. The number of rotatable bonds is 4. The summed E-state index contributed by atoms with van der Waals surface area (Å²) in [6.07, 6.45) is 0. The fraction of sp³-hybridized carbons (Fsp3) is 0.533. The van der Waals surface area contributed by atoms with E-state index in [2.05, 4.69) is 10.2 Å². The van der Waals surface area contributed by atoms with Gasteiger partial charge < -0.3 is 10.1 Å². The third-order valence-electron chi connectivity index (χ3n) is 3.76. The van der Waals surface area contributed by atoms with E-state index in [1.54, 1.807) is 7.11 Å². The van der Waals surface area contributed by atoms with Gasteiger partial charge in [0, 0.05) is 26.2 Å². The summed E-state index contributed by atoms with van der Waals surface area (Å²) < 4.78 is 5.42. The van der Waals surface area contributed by atoms with E-state index in [0.717, 1.165) is 43.1 Å². The van der Waals surface area contributed by atoms with Crippen molar-refractivity contribution in [3.63, 3.8) is 0 Å². The van der Waals surface area contributed by atoms with Crippen molar-refractivity contribution >= 4 is 5.78 Å². The molecular weight excluding hydrogens is 240 g/mol. The highest BCUT2D eigenvalue weighted by molar-refractivity contribution is 6.00. The summed E-state index contributed by atoms with van der Waals surface area (Å²) in [4.78, 5) is 14.6. The monoisotopic (exact) mass is 262 g/mol. The van der Waals surface area contributed by atoms with Crippen molar-refractivity contribution in [2.45, 2.75) is 13.8 Å². The van der Waals surface area contributed by atoms with Crippen LogP contribution >= 0.6 is 0 Å². The molecule has 1 heterocycles. The molecule has 0 unspecified atom stereocenters. The van der Waals surface area contributed by atoms with Crippen LogP contribution in [0.3, 0.4) is 0 Å². The summed E-state index contributed by atoms with van der Waals surface area (Å²) >= 11 is 0. The lowest BCUT2D eigenvalue weighted by molar-refractivity contribution is 0.0918. The van der Waals surface area contributed by atoms with E-state index in [9.17, 15) is 4.79 Å². The molecule has 1 N–H and O–H groups in total. The summed E-state index contributed by atoms with van der Waals surface area (Å²) in [5.41, 5.74) is 2.90. The van der Waals surface area contributed by atoms with Crippen molar-refractivity contribution in [3.05, 3.63) is 28.8 Å². The lowest BCUT2D eigenvalue weighted by Crippen LogP contribution is -2.45. The second-order valence-electron chi connectivity index (χ2n) is 5.04. The molecule has 1 aromatic carbocycles. The third-order valence-corrected chi connectivity index (χ3v) is 3.76. The maximum Gasteiger partial charge on any atom is 0.180 e. The van der Waals surface area contributed by atoms with Gasteiger partial charge in [0.2, 0.25) is 0 Å². The molecule has 1 aliphatic rings. The number of nitrogens with one attached hydrogen (secondary N) is 1. The van der Waals surface area contributed by atoms with E-state index >= 15 is 0 Å². The van der Waals surface area contributed by atoms with E-state index in [4.69, 9.17) is 4.74 Å². The molecule has 0 spiro atoms. The number of nitrogens with zero attached hydrogens (tertiary/aromatic N) is 1. The SMILES string of the molecule is COc1c(C(=O)CN2CCNCC2)ccc(C)c1C. The average molecular weight is 262 g/mol. The highest BCUT2D eigenvalue weighted by Gasteiger charge is 2.19. The minimum absolute atomic E-state index is 0.141. The molecule has 0 amide bonds. The van der Waals surface area contributed by atoms with Crippen LogP contribution in [-0.4, -0.2) is 50.5 Å². The molecule has 4 heteroatoms. The molecule has 0 saturated carbocycles. The molecule has 1 fully saturated rings. The van der Waals surface area contributed by atoms with E-state index in [1.807, 2.05) is 26.0 Å². The smallest absolute Gasteiger partial charge is 0.180 e. The molecule has 0 aromatic heterocycles. The molecule has 0 radical (unpaired) electrons. The molecule has 0 aliphatic carbocycles. The number of Topliss-reactive ketones (excluding diaryl/α,β-unsaturated/α-hetero) is 1. The van der Waals surface area contributed by atoms with E-state index in [0.29, 0.717) is 12.1 Å².